The Morgan fingerprint density at radius 2 is 1.79 bits per heavy atom. The Hall–Kier alpha value is -3.46. The van der Waals surface area contributed by atoms with Crippen LogP contribution in [-0.2, 0) is 4.79 Å². The van der Waals surface area contributed by atoms with E-state index in [4.69, 9.17) is 24.6 Å². The number of carboxylic acids is 1. The zero-order valence-electron chi connectivity index (χ0n) is 17.1. The summed E-state index contributed by atoms with van der Waals surface area (Å²) in [5.41, 5.74) is 2.43. The average Bonchev–Trinajstić information content (AvgIpc) is 2.69. The third-order valence-corrected chi connectivity index (χ3v) is 4.24. The van der Waals surface area contributed by atoms with E-state index in [1.165, 1.54) is 13.2 Å². The molecule has 6 nitrogen and oxygen atoms in total. The second-order valence-electron chi connectivity index (χ2n) is 6.78. The topological polar surface area (TPSA) is 88.8 Å². The van der Waals surface area contributed by atoms with Gasteiger partial charge < -0.3 is 19.3 Å². The molecule has 0 amide bonds. The number of carbonyl (C=O) groups is 1. The number of hydrogen-bond acceptors (Lipinski definition) is 5. The molecule has 0 spiro atoms. The fourth-order valence-electron chi connectivity index (χ4n) is 2.75. The van der Waals surface area contributed by atoms with Gasteiger partial charge in [-0.05, 0) is 53.8 Å². The minimum Gasteiger partial charge on any atom is -0.493 e. The molecule has 1 N–H and O–H groups in total. The van der Waals surface area contributed by atoms with E-state index < -0.39 is 5.97 Å². The van der Waals surface area contributed by atoms with E-state index in [0.29, 0.717) is 29.6 Å². The van der Waals surface area contributed by atoms with Gasteiger partial charge in [-0.25, -0.2) is 4.79 Å². The molecule has 6 heteroatoms. The van der Waals surface area contributed by atoms with Gasteiger partial charge in [-0.15, -0.1) is 0 Å². The second kappa shape index (κ2) is 10.2. The van der Waals surface area contributed by atoms with Crippen molar-refractivity contribution in [2.45, 2.75) is 26.7 Å². The molecule has 0 aromatic heterocycles. The van der Waals surface area contributed by atoms with Crippen LogP contribution in [0.5, 0.6) is 17.2 Å². The summed E-state index contributed by atoms with van der Waals surface area (Å²) in [6.07, 6.45) is 1.28. The van der Waals surface area contributed by atoms with Crippen molar-refractivity contribution in [2.24, 2.45) is 0 Å². The number of nitriles is 1. The van der Waals surface area contributed by atoms with E-state index in [0.717, 1.165) is 16.9 Å². The SMILES string of the molecule is COc1ccc(C=C(C#N)C(=O)O)cc1OCCOc1cc(C)ccc1C(C)C. The molecule has 0 radical (unpaired) electrons. The van der Waals surface area contributed by atoms with Crippen LogP contribution >= 0.6 is 0 Å². The van der Waals surface area contributed by atoms with Gasteiger partial charge in [-0.2, -0.15) is 5.26 Å². The van der Waals surface area contributed by atoms with Crippen molar-refractivity contribution in [1.82, 2.24) is 0 Å². The van der Waals surface area contributed by atoms with E-state index in [1.54, 1.807) is 24.3 Å². The van der Waals surface area contributed by atoms with Crippen LogP contribution in [0.25, 0.3) is 6.08 Å². The number of ether oxygens (including phenoxy) is 3. The molecule has 0 aliphatic heterocycles. The number of methoxy groups -OCH3 is 1. The van der Waals surface area contributed by atoms with Gasteiger partial charge in [-0.3, -0.25) is 0 Å². The maximum atomic E-state index is 11.0. The summed E-state index contributed by atoms with van der Waals surface area (Å²) in [5.74, 6) is 0.861. The summed E-state index contributed by atoms with van der Waals surface area (Å²) in [5, 5.41) is 17.9. The van der Waals surface area contributed by atoms with Crippen LogP contribution in [-0.4, -0.2) is 31.4 Å². The lowest BCUT2D eigenvalue weighted by Crippen LogP contribution is -2.11. The van der Waals surface area contributed by atoms with Crippen molar-refractivity contribution in [3.05, 3.63) is 58.7 Å². The lowest BCUT2D eigenvalue weighted by molar-refractivity contribution is -0.132. The molecule has 2 rings (SSSR count). The number of benzene rings is 2. The highest BCUT2D eigenvalue weighted by atomic mass is 16.5. The normalized spacial score (nSPS) is 11.1. The maximum absolute atomic E-state index is 11.0. The number of hydrogen-bond donors (Lipinski definition) is 1. The van der Waals surface area contributed by atoms with E-state index in [1.807, 2.05) is 13.0 Å². The smallest absolute Gasteiger partial charge is 0.346 e. The first-order valence-corrected chi connectivity index (χ1v) is 9.25. The highest BCUT2D eigenvalue weighted by Gasteiger charge is 2.11. The number of carboxylic acid groups (broad SMARTS) is 1. The first-order valence-electron chi connectivity index (χ1n) is 9.25. The van der Waals surface area contributed by atoms with Gasteiger partial charge in [0.15, 0.2) is 11.5 Å². The minimum absolute atomic E-state index is 0.277. The number of aryl methyl sites for hydroxylation is 1. The summed E-state index contributed by atoms with van der Waals surface area (Å²) in [6.45, 7) is 6.86. The van der Waals surface area contributed by atoms with Crippen LogP contribution in [0.3, 0.4) is 0 Å². The Bertz CT molecular complexity index is 941. The van der Waals surface area contributed by atoms with Gasteiger partial charge in [0.1, 0.15) is 30.6 Å². The summed E-state index contributed by atoms with van der Waals surface area (Å²) in [7, 11) is 1.52. The molecule has 0 fully saturated rings. The van der Waals surface area contributed by atoms with Gasteiger partial charge in [-0.1, -0.05) is 32.0 Å². The Labute approximate surface area is 171 Å². The molecular weight excluding hydrogens is 370 g/mol. The largest absolute Gasteiger partial charge is 0.493 e. The summed E-state index contributed by atoms with van der Waals surface area (Å²) < 4.78 is 17.0. The van der Waals surface area contributed by atoms with E-state index in [2.05, 4.69) is 26.0 Å². The van der Waals surface area contributed by atoms with Crippen molar-refractivity contribution >= 4 is 12.0 Å². The average molecular weight is 395 g/mol. The predicted octanol–water partition coefficient (Wildman–Crippen LogP) is 4.58. The molecule has 0 heterocycles. The Morgan fingerprint density at radius 1 is 1.10 bits per heavy atom. The van der Waals surface area contributed by atoms with Gasteiger partial charge >= 0.3 is 5.97 Å². The molecule has 0 unspecified atom stereocenters. The van der Waals surface area contributed by atoms with Crippen molar-refractivity contribution in [3.63, 3.8) is 0 Å². The lowest BCUT2D eigenvalue weighted by atomic mass is 10.0. The Kier molecular flexibility index (Phi) is 7.67. The van der Waals surface area contributed by atoms with Crippen LogP contribution in [0.2, 0.25) is 0 Å². The zero-order chi connectivity index (χ0) is 21.4. The standard InChI is InChI=1S/C23H25NO5/c1-15(2)19-7-5-16(3)11-21(19)28-9-10-29-22-13-17(6-8-20(22)27-4)12-18(14-24)23(25)26/h5-8,11-13,15H,9-10H2,1-4H3,(H,25,26). The Balaban J connectivity index is 2.09. The lowest BCUT2D eigenvalue weighted by Gasteiger charge is -2.16. The van der Waals surface area contributed by atoms with Crippen molar-refractivity contribution < 1.29 is 24.1 Å². The molecular formula is C23H25NO5. The van der Waals surface area contributed by atoms with E-state index in [9.17, 15) is 4.79 Å². The Morgan fingerprint density at radius 3 is 2.38 bits per heavy atom. The molecule has 0 saturated heterocycles. The summed E-state index contributed by atoms with van der Waals surface area (Å²) >= 11 is 0. The van der Waals surface area contributed by atoms with Crippen LogP contribution in [0.4, 0.5) is 0 Å². The second-order valence-corrected chi connectivity index (χ2v) is 6.78. The van der Waals surface area contributed by atoms with Gasteiger partial charge in [0.25, 0.3) is 0 Å². The zero-order valence-corrected chi connectivity index (χ0v) is 17.1. The van der Waals surface area contributed by atoms with E-state index >= 15 is 0 Å². The maximum Gasteiger partial charge on any atom is 0.346 e. The first-order chi connectivity index (χ1) is 13.8. The monoisotopic (exact) mass is 395 g/mol. The molecule has 2 aromatic carbocycles. The van der Waals surface area contributed by atoms with Gasteiger partial charge in [0.2, 0.25) is 0 Å². The minimum atomic E-state index is -1.28. The third-order valence-electron chi connectivity index (χ3n) is 4.24. The fourth-order valence-corrected chi connectivity index (χ4v) is 2.75. The highest BCUT2D eigenvalue weighted by Crippen LogP contribution is 2.30. The molecule has 0 bridgehead atoms. The summed E-state index contributed by atoms with van der Waals surface area (Å²) in [6, 6.07) is 12.8. The van der Waals surface area contributed by atoms with Crippen molar-refractivity contribution in [3.8, 4) is 23.3 Å². The fraction of sp³-hybridized carbons (Fsp3) is 0.304. The first kappa shape index (κ1) is 21.8. The molecule has 0 saturated carbocycles. The molecule has 2 aromatic rings. The number of rotatable bonds is 9. The quantitative estimate of drug-likeness (QED) is 0.380. The van der Waals surface area contributed by atoms with Gasteiger partial charge in [0.05, 0.1) is 7.11 Å². The molecule has 0 aliphatic carbocycles. The van der Waals surface area contributed by atoms with Crippen molar-refractivity contribution in [1.29, 1.82) is 5.26 Å². The number of nitrogens with zero attached hydrogens (tertiary/aromatic N) is 1. The molecule has 0 atom stereocenters. The van der Waals surface area contributed by atoms with Crippen LogP contribution in [0.1, 0.15) is 36.5 Å². The molecule has 29 heavy (non-hydrogen) atoms. The summed E-state index contributed by atoms with van der Waals surface area (Å²) in [4.78, 5) is 11.0. The predicted molar refractivity (Wildman–Crippen MR) is 110 cm³/mol. The van der Waals surface area contributed by atoms with E-state index in [-0.39, 0.29) is 12.2 Å². The number of aliphatic carboxylic acids is 1. The highest BCUT2D eigenvalue weighted by molar-refractivity contribution is 5.96. The van der Waals surface area contributed by atoms with Crippen molar-refractivity contribution in [2.75, 3.05) is 20.3 Å². The van der Waals surface area contributed by atoms with Gasteiger partial charge in [0, 0.05) is 0 Å². The third kappa shape index (κ3) is 6.01. The van der Waals surface area contributed by atoms with Crippen LogP contribution < -0.4 is 14.2 Å². The van der Waals surface area contributed by atoms with Crippen LogP contribution in [0.15, 0.2) is 42.0 Å². The molecule has 0 aliphatic rings. The molecule has 152 valence electrons. The van der Waals surface area contributed by atoms with Crippen LogP contribution in [0, 0.1) is 18.3 Å².